The lowest BCUT2D eigenvalue weighted by Crippen LogP contribution is -2.16. The van der Waals surface area contributed by atoms with Gasteiger partial charge < -0.3 is 11.1 Å². The smallest absolute Gasteiger partial charge is 0.259 e. The Morgan fingerprint density at radius 1 is 0.939 bits per heavy atom. The van der Waals surface area contributed by atoms with Gasteiger partial charge in [-0.15, -0.1) is 0 Å². The van der Waals surface area contributed by atoms with Crippen LogP contribution in [-0.4, -0.2) is 21.6 Å². The average molecular weight is 442 g/mol. The summed E-state index contributed by atoms with van der Waals surface area (Å²) in [5.41, 5.74) is 10.2. The van der Waals surface area contributed by atoms with Crippen molar-refractivity contribution in [2.75, 3.05) is 5.32 Å². The topological polar surface area (TPSA) is 90.0 Å². The number of halogens is 1. The van der Waals surface area contributed by atoms with Gasteiger partial charge in [0.15, 0.2) is 0 Å². The first-order valence-corrected chi connectivity index (χ1v) is 10.4. The summed E-state index contributed by atoms with van der Waals surface area (Å²) in [6, 6.07) is 19.5. The van der Waals surface area contributed by atoms with Gasteiger partial charge in [-0.1, -0.05) is 59.7 Å². The molecule has 0 saturated carbocycles. The number of hydrogen-bond donors (Lipinski definition) is 2. The predicted molar refractivity (Wildman–Crippen MR) is 126 cm³/mol. The fourth-order valence-electron chi connectivity index (χ4n) is 3.46. The quantitative estimate of drug-likeness (QED) is 0.453. The third-order valence-electron chi connectivity index (χ3n) is 5.29. The molecule has 0 saturated heterocycles. The van der Waals surface area contributed by atoms with Crippen LogP contribution in [0.15, 0.2) is 72.9 Å². The molecule has 0 bridgehead atoms. The molecule has 4 aromatic rings. The molecular formula is C26H23FN4O2. The van der Waals surface area contributed by atoms with Crippen LogP contribution in [0.5, 0.6) is 0 Å². The van der Waals surface area contributed by atoms with E-state index in [2.05, 4.69) is 10.4 Å². The lowest BCUT2D eigenvalue weighted by molar-refractivity contribution is 0.0992. The third-order valence-corrected chi connectivity index (χ3v) is 5.29. The zero-order valence-electron chi connectivity index (χ0n) is 18.3. The maximum atomic E-state index is 13.8. The molecule has 1 heterocycles. The second kappa shape index (κ2) is 9.08. The van der Waals surface area contributed by atoms with Crippen LogP contribution in [0.25, 0.3) is 11.3 Å². The molecule has 6 nitrogen and oxygen atoms in total. The average Bonchev–Trinajstić information content (AvgIpc) is 3.21. The van der Waals surface area contributed by atoms with Gasteiger partial charge in [-0.3, -0.25) is 14.3 Å². The van der Waals surface area contributed by atoms with Crippen molar-refractivity contribution >= 4 is 17.5 Å². The molecule has 166 valence electrons. The SMILES string of the molecule is Cc1ccc(Cn2cc(C(=O)Nc3ccc(F)c(C(N)=O)c3)c(-c3ccc(C)cc3)n2)cc1. The minimum absolute atomic E-state index is 0.261. The van der Waals surface area contributed by atoms with Crippen LogP contribution in [0.2, 0.25) is 0 Å². The van der Waals surface area contributed by atoms with Crippen LogP contribution < -0.4 is 11.1 Å². The van der Waals surface area contributed by atoms with Crippen LogP contribution >= 0.6 is 0 Å². The molecule has 7 heteroatoms. The first-order valence-electron chi connectivity index (χ1n) is 10.4. The summed E-state index contributed by atoms with van der Waals surface area (Å²) in [5, 5.41) is 7.39. The van der Waals surface area contributed by atoms with Crippen molar-refractivity contribution in [2.24, 2.45) is 5.73 Å². The highest BCUT2D eigenvalue weighted by molar-refractivity contribution is 6.08. The molecule has 0 aliphatic heterocycles. The van der Waals surface area contributed by atoms with Crippen molar-refractivity contribution < 1.29 is 14.0 Å². The Balaban J connectivity index is 1.69. The standard InChI is InChI=1S/C26H23FN4O2/c1-16-3-7-18(8-4-16)14-31-15-22(24(30-31)19-9-5-17(2)6-10-19)26(33)29-20-11-12-23(27)21(13-20)25(28)32/h3-13,15H,14H2,1-2H3,(H2,28,32)(H,29,33). The Kier molecular flexibility index (Phi) is 6.04. The molecule has 0 aliphatic carbocycles. The maximum absolute atomic E-state index is 13.8. The molecule has 2 amide bonds. The van der Waals surface area contributed by atoms with Gasteiger partial charge in [-0.25, -0.2) is 4.39 Å². The molecule has 0 spiro atoms. The van der Waals surface area contributed by atoms with Gasteiger partial charge in [0.05, 0.1) is 17.7 Å². The number of aryl methyl sites for hydroxylation is 2. The van der Waals surface area contributed by atoms with Crippen molar-refractivity contribution in [3.63, 3.8) is 0 Å². The molecule has 0 unspecified atom stereocenters. The summed E-state index contributed by atoms with van der Waals surface area (Å²) in [4.78, 5) is 24.6. The molecule has 0 radical (unpaired) electrons. The number of carbonyl (C=O) groups excluding carboxylic acids is 2. The number of rotatable bonds is 6. The Hall–Kier alpha value is -4.26. The number of benzene rings is 3. The van der Waals surface area contributed by atoms with Gasteiger partial charge in [-0.05, 0) is 37.6 Å². The van der Waals surface area contributed by atoms with E-state index < -0.39 is 17.6 Å². The predicted octanol–water partition coefficient (Wildman–Crippen LogP) is 4.71. The van der Waals surface area contributed by atoms with E-state index in [0.29, 0.717) is 17.8 Å². The zero-order valence-corrected chi connectivity index (χ0v) is 18.3. The number of nitrogens with one attached hydrogen (secondary N) is 1. The van der Waals surface area contributed by atoms with Crippen molar-refractivity contribution in [3.8, 4) is 11.3 Å². The van der Waals surface area contributed by atoms with Gasteiger partial charge in [0, 0.05) is 17.4 Å². The van der Waals surface area contributed by atoms with E-state index in [0.717, 1.165) is 28.3 Å². The molecule has 3 aromatic carbocycles. The monoisotopic (exact) mass is 442 g/mol. The number of nitrogens with two attached hydrogens (primary N) is 1. The van der Waals surface area contributed by atoms with E-state index in [9.17, 15) is 14.0 Å². The minimum Gasteiger partial charge on any atom is -0.366 e. The fraction of sp³-hybridized carbons (Fsp3) is 0.115. The van der Waals surface area contributed by atoms with Crippen LogP contribution in [-0.2, 0) is 6.54 Å². The molecule has 0 aliphatic rings. The van der Waals surface area contributed by atoms with E-state index in [1.54, 1.807) is 10.9 Å². The molecule has 0 atom stereocenters. The van der Waals surface area contributed by atoms with Crippen molar-refractivity contribution in [1.29, 1.82) is 0 Å². The van der Waals surface area contributed by atoms with Crippen LogP contribution in [0.4, 0.5) is 10.1 Å². The maximum Gasteiger partial charge on any atom is 0.259 e. The Labute approximate surface area is 190 Å². The van der Waals surface area contributed by atoms with Gasteiger partial charge in [-0.2, -0.15) is 5.10 Å². The van der Waals surface area contributed by atoms with Gasteiger partial charge in [0.2, 0.25) is 0 Å². The highest BCUT2D eigenvalue weighted by atomic mass is 19.1. The van der Waals surface area contributed by atoms with E-state index >= 15 is 0 Å². The molecule has 4 rings (SSSR count). The Morgan fingerprint density at radius 2 is 1.58 bits per heavy atom. The summed E-state index contributed by atoms with van der Waals surface area (Å²) < 4.78 is 15.5. The lowest BCUT2D eigenvalue weighted by Gasteiger charge is -2.07. The first kappa shape index (κ1) is 22.0. The molecule has 33 heavy (non-hydrogen) atoms. The summed E-state index contributed by atoms with van der Waals surface area (Å²) in [7, 11) is 0. The summed E-state index contributed by atoms with van der Waals surface area (Å²) in [6.45, 7) is 4.50. The highest BCUT2D eigenvalue weighted by Gasteiger charge is 2.19. The van der Waals surface area contributed by atoms with Gasteiger partial charge >= 0.3 is 0 Å². The normalized spacial score (nSPS) is 10.8. The second-order valence-electron chi connectivity index (χ2n) is 7.95. The van der Waals surface area contributed by atoms with Crippen molar-refractivity contribution in [1.82, 2.24) is 9.78 Å². The Morgan fingerprint density at radius 3 is 2.21 bits per heavy atom. The van der Waals surface area contributed by atoms with E-state index in [4.69, 9.17) is 5.73 Å². The zero-order chi connectivity index (χ0) is 23.5. The van der Waals surface area contributed by atoms with Crippen LogP contribution in [0.1, 0.15) is 37.4 Å². The number of anilines is 1. The Bertz CT molecular complexity index is 1330. The first-order chi connectivity index (χ1) is 15.8. The van der Waals surface area contributed by atoms with E-state index in [-0.39, 0.29) is 11.3 Å². The van der Waals surface area contributed by atoms with Crippen molar-refractivity contribution in [2.45, 2.75) is 20.4 Å². The minimum atomic E-state index is -0.908. The van der Waals surface area contributed by atoms with Crippen LogP contribution in [0, 0.1) is 19.7 Å². The van der Waals surface area contributed by atoms with Gasteiger partial charge in [0.1, 0.15) is 11.5 Å². The largest absolute Gasteiger partial charge is 0.366 e. The van der Waals surface area contributed by atoms with Gasteiger partial charge in [0.25, 0.3) is 11.8 Å². The fourth-order valence-corrected chi connectivity index (χ4v) is 3.46. The third kappa shape index (κ3) is 4.98. The summed E-state index contributed by atoms with van der Waals surface area (Å²) >= 11 is 0. The molecule has 1 aromatic heterocycles. The summed E-state index contributed by atoms with van der Waals surface area (Å²) in [6.07, 6.45) is 1.68. The molecule has 0 fully saturated rings. The van der Waals surface area contributed by atoms with E-state index in [1.807, 2.05) is 62.4 Å². The number of carbonyl (C=O) groups is 2. The summed E-state index contributed by atoms with van der Waals surface area (Å²) in [5.74, 6) is -2.08. The second-order valence-corrected chi connectivity index (χ2v) is 7.95. The van der Waals surface area contributed by atoms with E-state index in [1.165, 1.54) is 12.1 Å². The lowest BCUT2D eigenvalue weighted by atomic mass is 10.1. The number of aromatic nitrogens is 2. The van der Waals surface area contributed by atoms with Crippen LogP contribution in [0.3, 0.4) is 0 Å². The number of primary amides is 1. The molecular weight excluding hydrogens is 419 g/mol. The van der Waals surface area contributed by atoms with Crippen molar-refractivity contribution in [3.05, 3.63) is 107 Å². The number of nitrogens with zero attached hydrogens (tertiary/aromatic N) is 2. The number of hydrogen-bond acceptors (Lipinski definition) is 3. The molecule has 3 N–H and O–H groups in total. The number of amides is 2. The highest BCUT2D eigenvalue weighted by Crippen LogP contribution is 2.25.